The minimum absolute atomic E-state index is 0.312. The van der Waals surface area contributed by atoms with E-state index in [1.165, 1.54) is 0 Å². The number of amides is 1. The zero-order valence-corrected chi connectivity index (χ0v) is 13.1. The number of rotatable bonds is 7. The fourth-order valence-electron chi connectivity index (χ4n) is 1.96. The lowest BCUT2D eigenvalue weighted by atomic mass is 9.96. The van der Waals surface area contributed by atoms with E-state index < -0.39 is 12.2 Å². The van der Waals surface area contributed by atoms with Gasteiger partial charge in [-0.3, -0.25) is 0 Å². The SMILES string of the molecule is [2H]C(CC(C)CC)(OC(=O)N(CC)CC)c1ccccc1. The van der Waals surface area contributed by atoms with Crippen molar-refractivity contribution in [1.82, 2.24) is 4.90 Å². The lowest BCUT2D eigenvalue weighted by Crippen LogP contribution is -2.32. The van der Waals surface area contributed by atoms with Crippen LogP contribution in [0, 0.1) is 5.92 Å². The van der Waals surface area contributed by atoms with Crippen LogP contribution < -0.4 is 0 Å². The van der Waals surface area contributed by atoms with Crippen molar-refractivity contribution in [2.24, 2.45) is 5.92 Å². The third-order valence-corrected chi connectivity index (χ3v) is 3.56. The zero-order valence-electron chi connectivity index (χ0n) is 14.1. The van der Waals surface area contributed by atoms with Crippen LogP contribution in [-0.4, -0.2) is 24.1 Å². The standard InChI is InChI=1S/C17H27NO2/c1-5-14(4)13-16(15-11-9-8-10-12-15)20-17(19)18(6-2)7-3/h8-12,14,16H,5-7,13H2,1-4H3/i16D. The van der Waals surface area contributed by atoms with E-state index in [1.807, 2.05) is 44.2 Å². The Balaban J connectivity index is 3.00. The summed E-state index contributed by atoms with van der Waals surface area (Å²) in [4.78, 5) is 13.8. The van der Waals surface area contributed by atoms with Crippen molar-refractivity contribution in [3.63, 3.8) is 0 Å². The van der Waals surface area contributed by atoms with Gasteiger partial charge in [0.2, 0.25) is 0 Å². The molecule has 0 aliphatic carbocycles. The number of benzene rings is 1. The third kappa shape index (κ3) is 4.87. The van der Waals surface area contributed by atoms with E-state index in [0.717, 1.165) is 12.0 Å². The van der Waals surface area contributed by atoms with Crippen LogP contribution in [0.5, 0.6) is 0 Å². The number of hydrogen-bond acceptors (Lipinski definition) is 2. The molecule has 2 atom stereocenters. The van der Waals surface area contributed by atoms with Crippen LogP contribution >= 0.6 is 0 Å². The maximum absolute atomic E-state index is 12.2. The van der Waals surface area contributed by atoms with Gasteiger partial charge >= 0.3 is 6.09 Å². The predicted octanol–water partition coefficient (Wildman–Crippen LogP) is 4.64. The van der Waals surface area contributed by atoms with Crippen LogP contribution in [0.3, 0.4) is 0 Å². The highest BCUT2D eigenvalue weighted by Crippen LogP contribution is 2.27. The van der Waals surface area contributed by atoms with Gasteiger partial charge < -0.3 is 9.64 Å². The van der Waals surface area contributed by atoms with Crippen molar-refractivity contribution in [2.75, 3.05) is 13.1 Å². The van der Waals surface area contributed by atoms with Gasteiger partial charge in [-0.25, -0.2) is 4.79 Å². The van der Waals surface area contributed by atoms with Crippen LogP contribution in [0.1, 0.15) is 53.6 Å². The number of ether oxygens (including phenoxy) is 1. The smallest absolute Gasteiger partial charge is 0.410 e. The van der Waals surface area contributed by atoms with Crippen molar-refractivity contribution in [2.45, 2.75) is 46.6 Å². The van der Waals surface area contributed by atoms with Crippen molar-refractivity contribution >= 4 is 6.09 Å². The first-order valence-corrected chi connectivity index (χ1v) is 7.50. The second-order valence-corrected chi connectivity index (χ2v) is 5.05. The normalized spacial score (nSPS) is 15.9. The molecular formula is C17H27NO2. The van der Waals surface area contributed by atoms with E-state index in [-0.39, 0.29) is 0 Å². The Morgan fingerprint density at radius 2 is 1.85 bits per heavy atom. The van der Waals surface area contributed by atoms with Crippen LogP contribution in [0.2, 0.25) is 0 Å². The van der Waals surface area contributed by atoms with Crippen LogP contribution in [-0.2, 0) is 4.74 Å². The molecule has 1 aromatic rings. The molecule has 0 saturated carbocycles. The fourth-order valence-corrected chi connectivity index (χ4v) is 1.96. The summed E-state index contributed by atoms with van der Waals surface area (Å²) in [5, 5.41) is 0. The Labute approximate surface area is 124 Å². The van der Waals surface area contributed by atoms with Crippen LogP contribution in [0.4, 0.5) is 4.79 Å². The molecule has 0 N–H and O–H groups in total. The Morgan fingerprint density at radius 3 is 2.35 bits per heavy atom. The van der Waals surface area contributed by atoms with Gasteiger partial charge in [0.15, 0.2) is 0 Å². The summed E-state index contributed by atoms with van der Waals surface area (Å²) in [7, 11) is 0. The van der Waals surface area contributed by atoms with Gasteiger partial charge in [-0.15, -0.1) is 0 Å². The summed E-state index contributed by atoms with van der Waals surface area (Å²) >= 11 is 0. The molecule has 0 radical (unpaired) electrons. The molecule has 0 aliphatic rings. The molecule has 0 bridgehead atoms. The molecule has 20 heavy (non-hydrogen) atoms. The summed E-state index contributed by atoms with van der Waals surface area (Å²) in [5.41, 5.74) is 0.728. The maximum Gasteiger partial charge on any atom is 0.410 e. The molecule has 1 amide bonds. The van der Waals surface area contributed by atoms with E-state index in [0.29, 0.717) is 25.4 Å². The van der Waals surface area contributed by atoms with Gasteiger partial charge in [0.05, 0.1) is 1.37 Å². The van der Waals surface area contributed by atoms with Crippen LogP contribution in [0.15, 0.2) is 30.3 Å². The second kappa shape index (κ2) is 8.62. The Kier molecular flexibility index (Phi) is 6.42. The molecule has 1 aromatic carbocycles. The molecule has 0 aromatic heterocycles. The topological polar surface area (TPSA) is 29.5 Å². The summed E-state index contributed by atoms with van der Waals surface area (Å²) in [6.45, 7) is 9.16. The zero-order chi connectivity index (χ0) is 15.9. The molecule has 0 heterocycles. The predicted molar refractivity (Wildman–Crippen MR) is 82.7 cm³/mol. The van der Waals surface area contributed by atoms with Crippen molar-refractivity contribution in [1.29, 1.82) is 0 Å². The molecule has 0 saturated heterocycles. The highest BCUT2D eigenvalue weighted by atomic mass is 16.6. The molecule has 2 unspecified atom stereocenters. The summed E-state index contributed by atoms with van der Waals surface area (Å²) in [6, 6.07) is 9.36. The first-order valence-electron chi connectivity index (χ1n) is 8.00. The van der Waals surface area contributed by atoms with Gasteiger partial charge in [0, 0.05) is 13.1 Å². The molecule has 3 heteroatoms. The van der Waals surface area contributed by atoms with Crippen molar-refractivity contribution in [3.8, 4) is 0 Å². The number of nitrogens with zero attached hydrogens (tertiary/aromatic N) is 1. The van der Waals surface area contributed by atoms with E-state index in [4.69, 9.17) is 6.11 Å². The van der Waals surface area contributed by atoms with Gasteiger partial charge in [-0.05, 0) is 31.7 Å². The first kappa shape index (κ1) is 14.9. The number of carbonyl (C=O) groups excluding carboxylic acids is 1. The lowest BCUT2D eigenvalue weighted by Gasteiger charge is -2.25. The molecular weight excluding hydrogens is 250 g/mol. The molecule has 0 spiro atoms. The maximum atomic E-state index is 12.2. The fraction of sp³-hybridized carbons (Fsp3) is 0.588. The van der Waals surface area contributed by atoms with Gasteiger partial charge in [0.1, 0.15) is 6.08 Å². The molecule has 0 fully saturated rings. The van der Waals surface area contributed by atoms with Gasteiger partial charge in [-0.1, -0.05) is 50.6 Å². The van der Waals surface area contributed by atoms with E-state index in [9.17, 15) is 4.79 Å². The summed E-state index contributed by atoms with van der Waals surface area (Å²) < 4.78 is 14.3. The van der Waals surface area contributed by atoms with E-state index in [1.54, 1.807) is 4.90 Å². The highest BCUT2D eigenvalue weighted by Gasteiger charge is 2.21. The Hall–Kier alpha value is -1.51. The minimum atomic E-state index is -1.32. The summed E-state index contributed by atoms with van der Waals surface area (Å²) in [5.74, 6) is 0.312. The number of carbonyl (C=O) groups is 1. The minimum Gasteiger partial charge on any atom is -0.441 e. The quantitative estimate of drug-likeness (QED) is 0.727. The second-order valence-electron chi connectivity index (χ2n) is 5.05. The Morgan fingerprint density at radius 1 is 1.25 bits per heavy atom. The third-order valence-electron chi connectivity index (χ3n) is 3.56. The highest BCUT2D eigenvalue weighted by molar-refractivity contribution is 5.67. The average Bonchev–Trinajstić information content (AvgIpc) is 2.49. The van der Waals surface area contributed by atoms with Crippen molar-refractivity contribution < 1.29 is 10.9 Å². The molecule has 112 valence electrons. The summed E-state index contributed by atoms with van der Waals surface area (Å²) in [6.07, 6.45) is -0.283. The lowest BCUT2D eigenvalue weighted by molar-refractivity contribution is 0.0538. The van der Waals surface area contributed by atoms with Gasteiger partial charge in [0.25, 0.3) is 0 Å². The largest absolute Gasteiger partial charge is 0.441 e. The van der Waals surface area contributed by atoms with Crippen LogP contribution in [0.25, 0.3) is 0 Å². The Bertz CT molecular complexity index is 434. The average molecular weight is 278 g/mol. The van der Waals surface area contributed by atoms with Gasteiger partial charge in [-0.2, -0.15) is 0 Å². The van der Waals surface area contributed by atoms with E-state index in [2.05, 4.69) is 13.8 Å². The van der Waals surface area contributed by atoms with E-state index >= 15 is 0 Å². The first-order chi connectivity index (χ1) is 9.96. The number of hydrogen-bond donors (Lipinski definition) is 0. The molecule has 3 nitrogen and oxygen atoms in total. The monoisotopic (exact) mass is 278 g/mol. The molecule has 0 aliphatic heterocycles. The van der Waals surface area contributed by atoms with Crippen molar-refractivity contribution in [3.05, 3.63) is 35.9 Å². The molecule has 1 rings (SSSR count).